The molecule has 1 aromatic carbocycles. The second-order valence-electron chi connectivity index (χ2n) is 7.92. The van der Waals surface area contributed by atoms with Crippen molar-refractivity contribution in [1.82, 2.24) is 5.01 Å². The summed E-state index contributed by atoms with van der Waals surface area (Å²) in [7, 11) is 1.60. The Morgan fingerprint density at radius 1 is 1.19 bits per heavy atom. The van der Waals surface area contributed by atoms with Crippen molar-refractivity contribution in [2.24, 2.45) is 5.10 Å². The molecule has 2 aromatic rings. The molecule has 1 unspecified atom stereocenters. The van der Waals surface area contributed by atoms with Gasteiger partial charge in [0.25, 0.3) is 5.91 Å². The van der Waals surface area contributed by atoms with Gasteiger partial charge in [-0.3, -0.25) is 4.79 Å². The molecule has 31 heavy (non-hydrogen) atoms. The fraction of sp³-hybridized carbons (Fsp3) is 0.435. The number of hydrazone groups is 1. The molecule has 1 atom stereocenters. The Bertz CT molecular complexity index is 945. The summed E-state index contributed by atoms with van der Waals surface area (Å²) in [6.45, 7) is -0.488. The van der Waals surface area contributed by atoms with Gasteiger partial charge in [0, 0.05) is 6.42 Å². The van der Waals surface area contributed by atoms with Gasteiger partial charge in [-0.15, -0.1) is 0 Å². The van der Waals surface area contributed by atoms with Crippen LogP contribution in [0.25, 0.3) is 0 Å². The summed E-state index contributed by atoms with van der Waals surface area (Å²) in [6.07, 6.45) is 5.24. The molecular formula is C23H26N2O6. The van der Waals surface area contributed by atoms with Crippen molar-refractivity contribution in [3.63, 3.8) is 0 Å². The van der Waals surface area contributed by atoms with Gasteiger partial charge < -0.3 is 19.0 Å². The molecular weight excluding hydrogens is 400 g/mol. The number of carbonyl (C=O) groups is 2. The standard InChI is InChI=1S/C23H26N2O6/c1-29-17-9-7-16(8-10-17)18-14-19(20-6-5-13-30-20)25(24-18)21(26)15-31-22(27)23(28)11-3-2-4-12-23/h5-10,13,19,28H,2-4,11-12,14-15H2,1H3. The second-order valence-corrected chi connectivity index (χ2v) is 7.92. The maximum absolute atomic E-state index is 12.9. The van der Waals surface area contributed by atoms with Crippen LogP contribution >= 0.6 is 0 Å². The third kappa shape index (κ3) is 4.49. The maximum atomic E-state index is 12.9. The highest BCUT2D eigenvalue weighted by atomic mass is 16.6. The Balaban J connectivity index is 1.49. The number of amides is 1. The first-order valence-electron chi connectivity index (χ1n) is 10.5. The lowest BCUT2D eigenvalue weighted by Gasteiger charge is -2.29. The van der Waals surface area contributed by atoms with Crippen molar-refractivity contribution in [1.29, 1.82) is 0 Å². The summed E-state index contributed by atoms with van der Waals surface area (Å²) in [6, 6.07) is 10.5. The Morgan fingerprint density at radius 3 is 2.58 bits per heavy atom. The Labute approximate surface area is 180 Å². The normalized spacial score (nSPS) is 20.3. The van der Waals surface area contributed by atoms with E-state index in [0.29, 0.717) is 25.0 Å². The van der Waals surface area contributed by atoms with E-state index in [4.69, 9.17) is 13.9 Å². The Kier molecular flexibility index (Phi) is 6.08. The average molecular weight is 426 g/mol. The predicted octanol–water partition coefficient (Wildman–Crippen LogP) is 3.20. The van der Waals surface area contributed by atoms with Gasteiger partial charge in [0.15, 0.2) is 12.2 Å². The lowest BCUT2D eigenvalue weighted by atomic mass is 9.85. The lowest BCUT2D eigenvalue weighted by molar-refractivity contribution is -0.172. The minimum Gasteiger partial charge on any atom is -0.497 e. The van der Waals surface area contributed by atoms with Crippen molar-refractivity contribution in [3.8, 4) is 5.75 Å². The first-order chi connectivity index (χ1) is 15.0. The zero-order chi connectivity index (χ0) is 21.8. The zero-order valence-electron chi connectivity index (χ0n) is 17.5. The van der Waals surface area contributed by atoms with E-state index in [9.17, 15) is 14.7 Å². The van der Waals surface area contributed by atoms with Gasteiger partial charge in [-0.2, -0.15) is 5.10 Å². The van der Waals surface area contributed by atoms with Gasteiger partial charge in [-0.1, -0.05) is 6.42 Å². The molecule has 0 bridgehead atoms. The van der Waals surface area contributed by atoms with E-state index < -0.39 is 30.1 Å². The molecule has 1 amide bonds. The van der Waals surface area contributed by atoms with Crippen LogP contribution < -0.4 is 4.74 Å². The van der Waals surface area contributed by atoms with E-state index in [-0.39, 0.29) is 0 Å². The Morgan fingerprint density at radius 2 is 1.94 bits per heavy atom. The first kappa shape index (κ1) is 21.1. The molecule has 2 aliphatic rings. The van der Waals surface area contributed by atoms with Gasteiger partial charge in [-0.25, -0.2) is 9.80 Å². The number of esters is 1. The summed E-state index contributed by atoms with van der Waals surface area (Å²) < 4.78 is 15.9. The second kappa shape index (κ2) is 8.93. The van der Waals surface area contributed by atoms with Crippen molar-refractivity contribution < 1.29 is 28.6 Å². The molecule has 1 saturated carbocycles. The summed E-state index contributed by atoms with van der Waals surface area (Å²) in [5, 5.41) is 16.3. The molecule has 0 saturated heterocycles. The van der Waals surface area contributed by atoms with E-state index in [1.165, 1.54) is 5.01 Å². The van der Waals surface area contributed by atoms with Gasteiger partial charge in [0.05, 0.1) is 19.1 Å². The van der Waals surface area contributed by atoms with Gasteiger partial charge in [0.2, 0.25) is 0 Å². The van der Waals surface area contributed by atoms with Crippen LogP contribution in [0.3, 0.4) is 0 Å². The number of furan rings is 1. The molecule has 0 spiro atoms. The molecule has 164 valence electrons. The number of benzene rings is 1. The average Bonchev–Trinajstić information content (AvgIpc) is 3.48. The van der Waals surface area contributed by atoms with E-state index in [1.807, 2.05) is 24.3 Å². The van der Waals surface area contributed by atoms with Crippen molar-refractivity contribution in [2.45, 2.75) is 50.2 Å². The minimum atomic E-state index is -1.50. The highest BCUT2D eigenvalue weighted by molar-refractivity contribution is 6.03. The van der Waals surface area contributed by atoms with Crippen molar-refractivity contribution >= 4 is 17.6 Å². The SMILES string of the molecule is COc1ccc(C2=NN(C(=O)COC(=O)C3(O)CCCCC3)C(c3ccco3)C2)cc1. The number of aliphatic hydroxyl groups is 1. The largest absolute Gasteiger partial charge is 0.497 e. The third-order valence-electron chi connectivity index (χ3n) is 5.85. The van der Waals surface area contributed by atoms with Gasteiger partial charge in [-0.05, 0) is 67.6 Å². The summed E-state index contributed by atoms with van der Waals surface area (Å²) in [5.41, 5.74) is 0.0809. The number of rotatable bonds is 6. The third-order valence-corrected chi connectivity index (χ3v) is 5.85. The molecule has 8 nitrogen and oxygen atoms in total. The van der Waals surface area contributed by atoms with Crippen LogP contribution in [-0.4, -0.2) is 47.0 Å². The summed E-state index contributed by atoms with van der Waals surface area (Å²) in [4.78, 5) is 25.3. The smallest absolute Gasteiger partial charge is 0.338 e. The van der Waals surface area contributed by atoms with E-state index in [2.05, 4.69) is 5.10 Å². The van der Waals surface area contributed by atoms with Gasteiger partial charge >= 0.3 is 5.97 Å². The number of ether oxygens (including phenoxy) is 2. The maximum Gasteiger partial charge on any atom is 0.338 e. The molecule has 1 aromatic heterocycles. The van der Waals surface area contributed by atoms with Crippen LogP contribution in [-0.2, 0) is 14.3 Å². The van der Waals surface area contributed by atoms with Crippen molar-refractivity contribution in [3.05, 3.63) is 54.0 Å². The fourth-order valence-electron chi connectivity index (χ4n) is 4.07. The molecule has 1 aliphatic heterocycles. The number of carbonyl (C=O) groups excluding carboxylic acids is 2. The first-order valence-corrected chi connectivity index (χ1v) is 10.5. The molecule has 4 rings (SSSR count). The van der Waals surface area contributed by atoms with Crippen LogP contribution in [0.2, 0.25) is 0 Å². The lowest BCUT2D eigenvalue weighted by Crippen LogP contribution is -2.43. The highest BCUT2D eigenvalue weighted by Crippen LogP contribution is 2.34. The molecule has 8 heteroatoms. The van der Waals surface area contributed by atoms with E-state index >= 15 is 0 Å². The minimum absolute atomic E-state index is 0.360. The van der Waals surface area contributed by atoms with Crippen molar-refractivity contribution in [2.75, 3.05) is 13.7 Å². The van der Waals surface area contributed by atoms with Crippen LogP contribution in [0, 0.1) is 0 Å². The monoisotopic (exact) mass is 426 g/mol. The predicted molar refractivity (Wildman–Crippen MR) is 111 cm³/mol. The van der Waals surface area contributed by atoms with Crippen LogP contribution in [0.5, 0.6) is 5.75 Å². The molecule has 2 heterocycles. The molecule has 1 N–H and O–H groups in total. The number of nitrogens with zero attached hydrogens (tertiary/aromatic N) is 2. The summed E-state index contributed by atoms with van der Waals surface area (Å²) >= 11 is 0. The zero-order valence-corrected chi connectivity index (χ0v) is 17.5. The quantitative estimate of drug-likeness (QED) is 0.712. The van der Waals surface area contributed by atoms with E-state index in [1.54, 1.807) is 25.5 Å². The number of hydrogen-bond acceptors (Lipinski definition) is 7. The van der Waals surface area contributed by atoms with Crippen LogP contribution in [0.4, 0.5) is 0 Å². The number of methoxy groups -OCH3 is 1. The summed E-state index contributed by atoms with van der Waals surface area (Å²) in [5.74, 6) is 0.106. The van der Waals surface area contributed by atoms with Gasteiger partial charge in [0.1, 0.15) is 17.6 Å². The molecule has 1 aliphatic carbocycles. The Hall–Kier alpha value is -3.13. The fourth-order valence-corrected chi connectivity index (χ4v) is 4.07. The van der Waals surface area contributed by atoms with Crippen LogP contribution in [0.15, 0.2) is 52.2 Å². The highest BCUT2D eigenvalue weighted by Gasteiger charge is 2.40. The topological polar surface area (TPSA) is 102 Å². The van der Waals surface area contributed by atoms with Crippen LogP contribution in [0.1, 0.15) is 55.9 Å². The van der Waals surface area contributed by atoms with E-state index in [0.717, 1.165) is 36.3 Å². The molecule has 0 radical (unpaired) electrons. The number of hydrogen-bond donors (Lipinski definition) is 1. The molecule has 1 fully saturated rings.